The van der Waals surface area contributed by atoms with E-state index in [1.54, 1.807) is 24.5 Å². The molecule has 2 aliphatic rings. The van der Waals surface area contributed by atoms with Crippen molar-refractivity contribution < 1.29 is 0 Å². The number of thioether (sulfide) groups is 1. The number of hydrogen-bond acceptors (Lipinski definition) is 5. The lowest BCUT2D eigenvalue weighted by atomic mass is 10.1. The van der Waals surface area contributed by atoms with E-state index < -0.39 is 0 Å². The van der Waals surface area contributed by atoms with Gasteiger partial charge in [0, 0.05) is 23.7 Å². The summed E-state index contributed by atoms with van der Waals surface area (Å²) in [5.41, 5.74) is 3.05. The van der Waals surface area contributed by atoms with Crippen molar-refractivity contribution in [3.8, 4) is 0 Å². The summed E-state index contributed by atoms with van der Waals surface area (Å²) in [6.07, 6.45) is 6.41. The van der Waals surface area contributed by atoms with Gasteiger partial charge < -0.3 is 0 Å². The van der Waals surface area contributed by atoms with Gasteiger partial charge in [0.15, 0.2) is 5.17 Å². The molecule has 0 amide bonds. The maximum absolute atomic E-state index is 6.49. The Morgan fingerprint density at radius 3 is 2.47 bits per heavy atom. The van der Waals surface area contributed by atoms with Crippen LogP contribution in [0.1, 0.15) is 45.4 Å². The zero-order valence-electron chi connectivity index (χ0n) is 17.3. The number of allylic oxidation sites excluding steroid dienone is 1. The minimum absolute atomic E-state index is 0.172. The van der Waals surface area contributed by atoms with E-state index in [1.165, 1.54) is 18.2 Å². The van der Waals surface area contributed by atoms with Crippen molar-refractivity contribution in [1.82, 2.24) is 14.9 Å². The summed E-state index contributed by atoms with van der Waals surface area (Å²) in [6, 6.07) is 7.30. The largest absolute Gasteiger partial charge is 0.288 e. The molecule has 2 aromatic rings. The van der Waals surface area contributed by atoms with Crippen molar-refractivity contribution in [2.45, 2.75) is 34.1 Å². The molecule has 2 aliphatic heterocycles. The molecule has 0 spiro atoms. The van der Waals surface area contributed by atoms with Crippen LogP contribution in [-0.2, 0) is 0 Å². The quantitative estimate of drug-likeness (QED) is 0.406. The van der Waals surface area contributed by atoms with Crippen LogP contribution in [0.5, 0.6) is 0 Å². The van der Waals surface area contributed by atoms with Crippen molar-refractivity contribution in [2.75, 3.05) is 0 Å². The Morgan fingerprint density at radius 2 is 1.80 bits per heavy atom. The third-order valence-corrected chi connectivity index (χ3v) is 5.71. The van der Waals surface area contributed by atoms with E-state index in [9.17, 15) is 0 Å². The second-order valence-electron chi connectivity index (χ2n) is 5.85. The Morgan fingerprint density at radius 1 is 1.10 bits per heavy atom. The highest BCUT2D eigenvalue weighted by molar-refractivity contribution is 8.22. The van der Waals surface area contributed by atoms with Crippen LogP contribution < -0.4 is 0 Å². The SMILES string of the molecule is C=C1C=CN=C2SC(c3ccnc(Cl)n3)=C(c3cccc(Cl)c3Cl)N12.CC.CCC. The average molecular weight is 482 g/mol. The van der Waals surface area contributed by atoms with Crippen molar-refractivity contribution in [1.29, 1.82) is 0 Å². The van der Waals surface area contributed by atoms with Crippen LogP contribution >= 0.6 is 46.6 Å². The van der Waals surface area contributed by atoms with E-state index >= 15 is 0 Å². The van der Waals surface area contributed by atoms with Crippen LogP contribution in [0, 0.1) is 0 Å². The third kappa shape index (κ3) is 5.27. The zero-order valence-corrected chi connectivity index (χ0v) is 20.4. The number of benzene rings is 1. The predicted molar refractivity (Wildman–Crippen MR) is 133 cm³/mol. The van der Waals surface area contributed by atoms with Gasteiger partial charge in [-0.25, -0.2) is 15.0 Å². The molecule has 0 saturated carbocycles. The maximum atomic E-state index is 6.49. The Kier molecular flexibility index (Phi) is 9.43. The van der Waals surface area contributed by atoms with Crippen LogP contribution in [0.2, 0.25) is 15.3 Å². The normalized spacial score (nSPS) is 14.4. The minimum Gasteiger partial charge on any atom is -0.288 e. The molecule has 1 aromatic carbocycles. The molecule has 3 heterocycles. The summed E-state index contributed by atoms with van der Waals surface area (Å²) in [5.74, 6) is 0. The predicted octanol–water partition coefficient (Wildman–Crippen LogP) is 8.15. The van der Waals surface area contributed by atoms with E-state index in [0.29, 0.717) is 15.7 Å². The number of hydrogen-bond donors (Lipinski definition) is 0. The molecule has 8 heteroatoms. The number of fused-ring (bicyclic) bond motifs is 1. The highest BCUT2D eigenvalue weighted by Gasteiger charge is 2.35. The van der Waals surface area contributed by atoms with Crippen LogP contribution in [0.3, 0.4) is 0 Å². The fraction of sp³-hybridized carbons (Fsp3) is 0.227. The second kappa shape index (κ2) is 11.6. The first-order valence-electron chi connectivity index (χ1n) is 9.56. The first-order chi connectivity index (χ1) is 14.5. The number of amidine groups is 1. The van der Waals surface area contributed by atoms with Crippen LogP contribution in [0.4, 0.5) is 0 Å². The number of aliphatic imine (C=N–C) groups is 1. The van der Waals surface area contributed by atoms with Gasteiger partial charge in [0.1, 0.15) is 0 Å². The Balaban J connectivity index is 0.000000590. The molecular formula is C22H23Cl3N4S. The monoisotopic (exact) mass is 480 g/mol. The smallest absolute Gasteiger partial charge is 0.222 e. The van der Waals surface area contributed by atoms with Gasteiger partial charge in [-0.05, 0) is 41.6 Å². The number of rotatable bonds is 2. The summed E-state index contributed by atoms with van der Waals surface area (Å²) in [4.78, 5) is 15.5. The lowest BCUT2D eigenvalue weighted by Gasteiger charge is -2.25. The Labute approximate surface area is 197 Å². The summed E-state index contributed by atoms with van der Waals surface area (Å²) in [6.45, 7) is 12.4. The van der Waals surface area contributed by atoms with Gasteiger partial charge in [-0.2, -0.15) is 0 Å². The first kappa shape index (κ1) is 24.5. The van der Waals surface area contributed by atoms with Gasteiger partial charge in [-0.1, -0.05) is 76.0 Å². The van der Waals surface area contributed by atoms with Gasteiger partial charge in [0.05, 0.1) is 26.3 Å². The average Bonchev–Trinajstić information content (AvgIpc) is 3.13. The molecule has 0 N–H and O–H groups in total. The number of aromatic nitrogens is 2. The number of nitrogens with zero attached hydrogens (tertiary/aromatic N) is 4. The van der Waals surface area contributed by atoms with Crippen LogP contribution in [-0.4, -0.2) is 20.0 Å². The second-order valence-corrected chi connectivity index (χ2v) is 7.95. The molecule has 4 nitrogen and oxygen atoms in total. The molecule has 0 unspecified atom stereocenters. The standard InChI is InChI=1S/C17H9Cl3N4S.C3H8.C2H6/c1-9-5-7-22-17-24(9)14(10-3-2-4-11(18)13(10)19)15(25-17)12-6-8-21-16(20)23-12;1-3-2;1-2/h2-8H,1H2;3H2,1-2H3;1-2H3. The summed E-state index contributed by atoms with van der Waals surface area (Å²) >= 11 is 20.2. The van der Waals surface area contributed by atoms with Crippen LogP contribution in [0.15, 0.2) is 60.0 Å². The summed E-state index contributed by atoms with van der Waals surface area (Å²) in [5, 5.41) is 1.87. The van der Waals surface area contributed by atoms with Crippen LogP contribution in [0.25, 0.3) is 10.6 Å². The van der Waals surface area contributed by atoms with E-state index in [4.69, 9.17) is 34.8 Å². The van der Waals surface area contributed by atoms with E-state index in [0.717, 1.165) is 27.0 Å². The van der Waals surface area contributed by atoms with Crippen molar-refractivity contribution in [3.05, 3.63) is 81.6 Å². The molecule has 0 aliphatic carbocycles. The fourth-order valence-electron chi connectivity index (χ4n) is 2.56. The topological polar surface area (TPSA) is 41.4 Å². The van der Waals surface area contributed by atoms with E-state index in [2.05, 4.69) is 35.4 Å². The molecule has 0 atom stereocenters. The van der Waals surface area contributed by atoms with Gasteiger partial charge in [0.25, 0.3) is 0 Å². The first-order valence-corrected chi connectivity index (χ1v) is 11.5. The van der Waals surface area contributed by atoms with Gasteiger partial charge in [-0.3, -0.25) is 4.90 Å². The minimum atomic E-state index is 0.172. The third-order valence-electron chi connectivity index (χ3n) is 3.63. The molecule has 4 rings (SSSR count). The Bertz CT molecular complexity index is 1020. The summed E-state index contributed by atoms with van der Waals surface area (Å²) < 4.78 is 0. The van der Waals surface area contributed by atoms with E-state index in [1.807, 2.05) is 37.0 Å². The molecule has 0 radical (unpaired) electrons. The van der Waals surface area contributed by atoms with Gasteiger partial charge in [-0.15, -0.1) is 0 Å². The van der Waals surface area contributed by atoms with Crippen molar-refractivity contribution in [3.63, 3.8) is 0 Å². The molecule has 30 heavy (non-hydrogen) atoms. The van der Waals surface area contributed by atoms with Gasteiger partial charge in [0.2, 0.25) is 5.28 Å². The van der Waals surface area contributed by atoms with Crippen molar-refractivity contribution in [2.24, 2.45) is 4.99 Å². The molecule has 1 aromatic heterocycles. The lowest BCUT2D eigenvalue weighted by Crippen LogP contribution is -2.23. The molecule has 0 saturated heterocycles. The zero-order chi connectivity index (χ0) is 22.3. The van der Waals surface area contributed by atoms with Crippen molar-refractivity contribution >= 4 is 62.3 Å². The highest BCUT2D eigenvalue weighted by atomic mass is 35.5. The fourth-order valence-corrected chi connectivity index (χ4v) is 4.21. The molecule has 0 bridgehead atoms. The molecular weight excluding hydrogens is 459 g/mol. The lowest BCUT2D eigenvalue weighted by molar-refractivity contribution is 0.760. The molecule has 158 valence electrons. The number of halogens is 3. The highest BCUT2D eigenvalue weighted by Crippen LogP contribution is 2.49. The Hall–Kier alpha value is -1.79. The summed E-state index contributed by atoms with van der Waals surface area (Å²) in [7, 11) is 0. The van der Waals surface area contributed by atoms with E-state index in [-0.39, 0.29) is 5.28 Å². The maximum Gasteiger partial charge on any atom is 0.222 e. The van der Waals surface area contributed by atoms with Gasteiger partial charge >= 0.3 is 0 Å². The molecule has 0 fully saturated rings.